The first-order valence-corrected chi connectivity index (χ1v) is 9.70. The zero-order valence-electron chi connectivity index (χ0n) is 17.3. The molecular weight excluding hydrogens is 370 g/mol. The van der Waals surface area contributed by atoms with Crippen molar-refractivity contribution in [2.24, 2.45) is 0 Å². The highest BCUT2D eigenvalue weighted by Crippen LogP contribution is 2.32. The maximum absolute atomic E-state index is 11.8. The minimum absolute atomic E-state index is 0.0831. The Hall–Kier alpha value is -3.02. The number of carbonyl (C=O) groups is 2. The Morgan fingerprint density at radius 1 is 1.10 bits per heavy atom. The van der Waals surface area contributed by atoms with Crippen LogP contribution in [0.3, 0.4) is 0 Å². The predicted molar refractivity (Wildman–Crippen MR) is 110 cm³/mol. The summed E-state index contributed by atoms with van der Waals surface area (Å²) in [6.45, 7) is 5.91. The van der Waals surface area contributed by atoms with Gasteiger partial charge in [0.05, 0.1) is 19.2 Å². The number of aryl methyl sites for hydroxylation is 1. The van der Waals surface area contributed by atoms with E-state index in [9.17, 15) is 9.59 Å². The summed E-state index contributed by atoms with van der Waals surface area (Å²) in [5.41, 5.74) is 3.23. The Bertz CT molecular complexity index is 883. The average Bonchev–Trinajstić information content (AvgIpc) is 2.70. The summed E-state index contributed by atoms with van der Waals surface area (Å²) in [7, 11) is 1.37. The van der Waals surface area contributed by atoms with Crippen molar-refractivity contribution in [3.63, 3.8) is 0 Å². The van der Waals surface area contributed by atoms with Crippen molar-refractivity contribution < 1.29 is 23.8 Å². The smallest absolute Gasteiger partial charge is 0.407 e. The van der Waals surface area contributed by atoms with Gasteiger partial charge in [0.25, 0.3) is 0 Å². The van der Waals surface area contributed by atoms with Crippen LogP contribution in [0, 0.1) is 0 Å². The first kappa shape index (κ1) is 20.7. The van der Waals surface area contributed by atoms with Gasteiger partial charge in [-0.05, 0) is 74.6 Å². The second kappa shape index (κ2) is 8.55. The van der Waals surface area contributed by atoms with Crippen LogP contribution in [-0.4, -0.2) is 37.4 Å². The molecule has 0 bridgehead atoms. The lowest BCUT2D eigenvalue weighted by molar-refractivity contribution is 0.0493. The number of ether oxygens (including phenoxy) is 3. The van der Waals surface area contributed by atoms with Gasteiger partial charge in [-0.25, -0.2) is 9.59 Å². The SMILES string of the molecule is COC(=O)c1ccc(-c2ccc3c(c2)CC[C@H](CNC(=O)OC(C)(C)C)O3)cc1. The highest BCUT2D eigenvalue weighted by atomic mass is 16.6. The fraction of sp³-hybridized carbons (Fsp3) is 0.391. The molecule has 0 aromatic heterocycles. The molecule has 0 fully saturated rings. The number of hydrogen-bond acceptors (Lipinski definition) is 5. The molecule has 2 aromatic carbocycles. The van der Waals surface area contributed by atoms with E-state index in [0.29, 0.717) is 12.1 Å². The minimum atomic E-state index is -0.518. The minimum Gasteiger partial charge on any atom is -0.488 e. The lowest BCUT2D eigenvalue weighted by atomic mass is 9.96. The third kappa shape index (κ3) is 5.50. The van der Waals surface area contributed by atoms with E-state index in [2.05, 4.69) is 11.4 Å². The maximum atomic E-state index is 11.8. The molecule has 1 aliphatic heterocycles. The van der Waals surface area contributed by atoms with Gasteiger partial charge in [-0.1, -0.05) is 18.2 Å². The highest BCUT2D eigenvalue weighted by Gasteiger charge is 2.22. The van der Waals surface area contributed by atoms with E-state index in [4.69, 9.17) is 14.2 Å². The number of methoxy groups -OCH3 is 1. The second-order valence-electron chi connectivity index (χ2n) is 8.05. The molecule has 1 amide bonds. The standard InChI is InChI=1S/C23H27NO5/c1-23(2,3)29-22(26)24-14-19-11-9-18-13-17(10-12-20(18)28-19)15-5-7-16(8-6-15)21(25)27-4/h5-8,10,12-13,19H,9,11,14H2,1-4H3,(H,24,26)/t19-/m1/s1. The van der Waals surface area contributed by atoms with Gasteiger partial charge in [-0.3, -0.25) is 0 Å². The van der Waals surface area contributed by atoms with Crippen molar-refractivity contribution in [3.05, 3.63) is 53.6 Å². The zero-order valence-corrected chi connectivity index (χ0v) is 17.3. The van der Waals surface area contributed by atoms with Crippen molar-refractivity contribution >= 4 is 12.1 Å². The summed E-state index contributed by atoms with van der Waals surface area (Å²) >= 11 is 0. The van der Waals surface area contributed by atoms with E-state index in [0.717, 1.165) is 35.3 Å². The average molecular weight is 397 g/mol. The summed E-state index contributed by atoms with van der Waals surface area (Å²) in [5, 5.41) is 2.77. The Labute approximate surface area is 171 Å². The van der Waals surface area contributed by atoms with Crippen molar-refractivity contribution in [1.29, 1.82) is 0 Å². The van der Waals surface area contributed by atoms with Crippen molar-refractivity contribution in [2.45, 2.75) is 45.3 Å². The topological polar surface area (TPSA) is 73.9 Å². The van der Waals surface area contributed by atoms with Crippen LogP contribution in [0.15, 0.2) is 42.5 Å². The van der Waals surface area contributed by atoms with Crippen LogP contribution in [0.4, 0.5) is 4.79 Å². The van der Waals surface area contributed by atoms with E-state index in [1.165, 1.54) is 7.11 Å². The number of fused-ring (bicyclic) bond motifs is 1. The number of rotatable bonds is 4. The summed E-state index contributed by atoms with van der Waals surface area (Å²) in [5.74, 6) is 0.489. The van der Waals surface area contributed by atoms with E-state index in [1.807, 2.05) is 45.0 Å². The van der Waals surface area contributed by atoms with Crippen molar-refractivity contribution in [3.8, 4) is 16.9 Å². The number of amides is 1. The number of nitrogens with one attached hydrogen (secondary N) is 1. The molecular formula is C23H27NO5. The highest BCUT2D eigenvalue weighted by molar-refractivity contribution is 5.90. The molecule has 0 spiro atoms. The fourth-order valence-corrected chi connectivity index (χ4v) is 3.20. The first-order chi connectivity index (χ1) is 13.7. The summed E-state index contributed by atoms with van der Waals surface area (Å²) in [6, 6.07) is 13.4. The number of hydrogen-bond donors (Lipinski definition) is 1. The van der Waals surface area contributed by atoms with Crippen LogP contribution in [-0.2, 0) is 15.9 Å². The number of carbonyl (C=O) groups excluding carboxylic acids is 2. The number of esters is 1. The number of alkyl carbamates (subject to hydrolysis) is 1. The lowest BCUT2D eigenvalue weighted by Gasteiger charge is -2.27. The molecule has 1 atom stereocenters. The van der Waals surface area contributed by atoms with E-state index >= 15 is 0 Å². The van der Waals surface area contributed by atoms with Crippen molar-refractivity contribution in [1.82, 2.24) is 5.32 Å². The van der Waals surface area contributed by atoms with Gasteiger partial charge < -0.3 is 19.5 Å². The molecule has 6 nitrogen and oxygen atoms in total. The van der Waals surface area contributed by atoms with Gasteiger partial charge in [-0.2, -0.15) is 0 Å². The van der Waals surface area contributed by atoms with Gasteiger partial charge in [0.15, 0.2) is 0 Å². The Balaban J connectivity index is 1.62. The Kier molecular flexibility index (Phi) is 6.11. The number of benzene rings is 2. The molecule has 2 aromatic rings. The van der Waals surface area contributed by atoms with Crippen LogP contribution >= 0.6 is 0 Å². The van der Waals surface area contributed by atoms with E-state index in [1.54, 1.807) is 12.1 Å². The second-order valence-corrected chi connectivity index (χ2v) is 8.05. The summed E-state index contributed by atoms with van der Waals surface area (Å²) < 4.78 is 16.0. The normalized spacial score (nSPS) is 15.7. The Morgan fingerprint density at radius 3 is 2.45 bits per heavy atom. The van der Waals surface area contributed by atoms with Crippen LogP contribution in [0.2, 0.25) is 0 Å². The molecule has 1 aliphatic rings. The van der Waals surface area contributed by atoms with Crippen LogP contribution in [0.25, 0.3) is 11.1 Å². The van der Waals surface area contributed by atoms with Crippen LogP contribution in [0.1, 0.15) is 43.1 Å². The fourth-order valence-electron chi connectivity index (χ4n) is 3.20. The molecule has 29 heavy (non-hydrogen) atoms. The summed E-state index contributed by atoms with van der Waals surface area (Å²) in [4.78, 5) is 23.4. The van der Waals surface area contributed by atoms with Gasteiger partial charge >= 0.3 is 12.1 Å². The molecule has 0 unspecified atom stereocenters. The molecule has 0 aliphatic carbocycles. The van der Waals surface area contributed by atoms with Crippen LogP contribution in [0.5, 0.6) is 5.75 Å². The van der Waals surface area contributed by atoms with Gasteiger partial charge in [0, 0.05) is 0 Å². The molecule has 3 rings (SSSR count). The molecule has 1 N–H and O–H groups in total. The van der Waals surface area contributed by atoms with Gasteiger partial charge in [-0.15, -0.1) is 0 Å². The molecule has 154 valence electrons. The molecule has 0 radical (unpaired) electrons. The molecule has 1 heterocycles. The van der Waals surface area contributed by atoms with Crippen molar-refractivity contribution in [2.75, 3.05) is 13.7 Å². The Morgan fingerprint density at radius 2 is 1.79 bits per heavy atom. The first-order valence-electron chi connectivity index (χ1n) is 9.70. The van der Waals surface area contributed by atoms with Gasteiger partial charge in [0.1, 0.15) is 17.5 Å². The van der Waals surface area contributed by atoms with Crippen LogP contribution < -0.4 is 10.1 Å². The zero-order chi connectivity index (χ0) is 21.0. The van der Waals surface area contributed by atoms with E-state index in [-0.39, 0.29) is 12.1 Å². The summed E-state index contributed by atoms with van der Waals surface area (Å²) in [6.07, 6.45) is 1.16. The lowest BCUT2D eigenvalue weighted by Crippen LogP contribution is -2.40. The maximum Gasteiger partial charge on any atom is 0.407 e. The monoisotopic (exact) mass is 397 g/mol. The molecule has 6 heteroatoms. The quantitative estimate of drug-likeness (QED) is 0.776. The third-order valence-electron chi connectivity index (χ3n) is 4.60. The predicted octanol–water partition coefficient (Wildman–Crippen LogP) is 4.36. The third-order valence-corrected chi connectivity index (χ3v) is 4.60. The van der Waals surface area contributed by atoms with Gasteiger partial charge in [0.2, 0.25) is 0 Å². The molecule has 0 saturated carbocycles. The molecule has 0 saturated heterocycles. The van der Waals surface area contributed by atoms with E-state index < -0.39 is 11.7 Å². The largest absolute Gasteiger partial charge is 0.488 e.